The minimum absolute atomic E-state index is 0.0680. The first-order valence-corrected chi connectivity index (χ1v) is 8.95. The molecule has 0 unspecified atom stereocenters. The summed E-state index contributed by atoms with van der Waals surface area (Å²) in [5.41, 5.74) is 3.45. The lowest BCUT2D eigenvalue weighted by molar-refractivity contribution is 0.189. The maximum absolute atomic E-state index is 13.8. The summed E-state index contributed by atoms with van der Waals surface area (Å²) in [5.74, 6) is -0.302. The highest BCUT2D eigenvalue weighted by atomic mass is 19.1. The van der Waals surface area contributed by atoms with E-state index in [4.69, 9.17) is 0 Å². The largest absolute Gasteiger partial charge is 0.322 e. The van der Waals surface area contributed by atoms with Gasteiger partial charge in [0.15, 0.2) is 0 Å². The zero-order chi connectivity index (χ0) is 17.8. The zero-order valence-corrected chi connectivity index (χ0v) is 14.9. The molecule has 132 valence electrons. The van der Waals surface area contributed by atoms with E-state index in [1.54, 1.807) is 19.1 Å². The highest BCUT2D eigenvalue weighted by Crippen LogP contribution is 2.31. The first-order chi connectivity index (χ1) is 12.0. The van der Waals surface area contributed by atoms with Crippen molar-refractivity contribution in [3.05, 3.63) is 65.0 Å². The molecule has 4 heteroatoms. The highest BCUT2D eigenvalue weighted by molar-refractivity contribution is 5.89. The molecule has 3 rings (SSSR count). The molecule has 0 aliphatic carbocycles. The third-order valence-electron chi connectivity index (χ3n) is 4.90. The van der Waals surface area contributed by atoms with Crippen LogP contribution in [0.4, 0.5) is 14.9 Å². The molecular formula is C21H25FN2O. The van der Waals surface area contributed by atoms with Gasteiger partial charge in [0.2, 0.25) is 0 Å². The fourth-order valence-corrected chi connectivity index (χ4v) is 3.35. The van der Waals surface area contributed by atoms with Gasteiger partial charge in [-0.15, -0.1) is 0 Å². The molecule has 1 fully saturated rings. The number of hydrogen-bond acceptors (Lipinski definition) is 1. The molecule has 0 saturated carbocycles. The molecule has 1 saturated heterocycles. The lowest BCUT2D eigenvalue weighted by atomic mass is 10.00. The van der Waals surface area contributed by atoms with Gasteiger partial charge in [-0.25, -0.2) is 9.18 Å². The Labute approximate surface area is 148 Å². The maximum atomic E-state index is 13.8. The average Bonchev–Trinajstić information content (AvgIpc) is 2.85. The second-order valence-corrected chi connectivity index (χ2v) is 6.86. The predicted molar refractivity (Wildman–Crippen MR) is 99.2 cm³/mol. The van der Waals surface area contributed by atoms with Crippen molar-refractivity contribution >= 4 is 11.7 Å². The second-order valence-electron chi connectivity index (χ2n) is 6.86. The van der Waals surface area contributed by atoms with Gasteiger partial charge in [-0.05, 0) is 49.9 Å². The topological polar surface area (TPSA) is 32.3 Å². The lowest BCUT2D eigenvalue weighted by Crippen LogP contribution is -2.38. The van der Waals surface area contributed by atoms with E-state index in [2.05, 4.69) is 36.5 Å². The quantitative estimate of drug-likeness (QED) is 0.759. The summed E-state index contributed by atoms with van der Waals surface area (Å²) in [7, 11) is 0. The van der Waals surface area contributed by atoms with Crippen LogP contribution < -0.4 is 5.32 Å². The van der Waals surface area contributed by atoms with E-state index in [1.807, 2.05) is 4.90 Å². The van der Waals surface area contributed by atoms with Crippen LogP contribution in [0.2, 0.25) is 0 Å². The van der Waals surface area contributed by atoms with Crippen LogP contribution in [-0.2, 0) is 0 Å². The minimum atomic E-state index is -0.302. The molecule has 25 heavy (non-hydrogen) atoms. The predicted octanol–water partition coefficient (Wildman–Crippen LogP) is 5.59. The van der Waals surface area contributed by atoms with Crippen molar-refractivity contribution in [3.63, 3.8) is 0 Å². The fourth-order valence-electron chi connectivity index (χ4n) is 3.35. The molecule has 2 aromatic rings. The Morgan fingerprint density at radius 2 is 1.84 bits per heavy atom. The molecule has 1 N–H and O–H groups in total. The summed E-state index contributed by atoms with van der Waals surface area (Å²) in [6.07, 6.45) is 4.20. The van der Waals surface area contributed by atoms with Gasteiger partial charge >= 0.3 is 6.03 Å². The number of carbonyl (C=O) groups is 1. The number of benzene rings is 2. The van der Waals surface area contributed by atoms with Crippen molar-refractivity contribution in [2.45, 2.75) is 45.6 Å². The molecular weight excluding hydrogens is 315 g/mol. The van der Waals surface area contributed by atoms with Gasteiger partial charge in [0.25, 0.3) is 0 Å². The molecule has 0 spiro atoms. The summed E-state index contributed by atoms with van der Waals surface area (Å²) in [6, 6.07) is 13.1. The van der Waals surface area contributed by atoms with Crippen LogP contribution >= 0.6 is 0 Å². The molecule has 0 bridgehead atoms. The Bertz CT molecular complexity index is 742. The SMILES string of the molecule is Cc1ccc([C@@H]2CCCCCN2C(=O)Nc2ccc(C)c(F)c2)cc1. The van der Waals surface area contributed by atoms with Gasteiger partial charge in [-0.1, -0.05) is 48.7 Å². The van der Waals surface area contributed by atoms with E-state index < -0.39 is 0 Å². The first-order valence-electron chi connectivity index (χ1n) is 8.95. The van der Waals surface area contributed by atoms with E-state index >= 15 is 0 Å². The average molecular weight is 340 g/mol. The number of amides is 2. The number of carbonyl (C=O) groups excluding carboxylic acids is 1. The number of likely N-dealkylation sites (tertiary alicyclic amines) is 1. The summed E-state index contributed by atoms with van der Waals surface area (Å²) in [6.45, 7) is 4.50. The summed E-state index contributed by atoms with van der Waals surface area (Å²) in [4.78, 5) is 14.8. The van der Waals surface area contributed by atoms with Crippen LogP contribution in [0.15, 0.2) is 42.5 Å². The third-order valence-corrected chi connectivity index (χ3v) is 4.90. The maximum Gasteiger partial charge on any atom is 0.322 e. The number of nitrogens with one attached hydrogen (secondary N) is 1. The zero-order valence-electron chi connectivity index (χ0n) is 14.9. The Kier molecular flexibility index (Phi) is 5.37. The van der Waals surface area contributed by atoms with Gasteiger partial charge in [0, 0.05) is 12.2 Å². The first kappa shape index (κ1) is 17.5. The van der Waals surface area contributed by atoms with Gasteiger partial charge in [0.05, 0.1) is 6.04 Å². The molecule has 0 radical (unpaired) electrons. The van der Waals surface area contributed by atoms with Crippen molar-refractivity contribution in [3.8, 4) is 0 Å². The lowest BCUT2D eigenvalue weighted by Gasteiger charge is -2.30. The molecule has 0 aromatic heterocycles. The standard InChI is InChI=1S/C21H25FN2O/c1-15-7-10-17(11-8-15)20-6-4-3-5-13-24(20)21(25)23-18-12-9-16(2)19(22)14-18/h7-12,14,20H,3-6,13H2,1-2H3,(H,23,25)/t20-/m0/s1. The number of rotatable bonds is 2. The van der Waals surface area contributed by atoms with Crippen LogP contribution in [0.1, 0.15) is 48.4 Å². The Morgan fingerprint density at radius 1 is 1.08 bits per heavy atom. The van der Waals surface area contributed by atoms with E-state index in [0.717, 1.165) is 37.8 Å². The highest BCUT2D eigenvalue weighted by Gasteiger charge is 2.26. The summed E-state index contributed by atoms with van der Waals surface area (Å²) >= 11 is 0. The van der Waals surface area contributed by atoms with E-state index in [1.165, 1.54) is 11.6 Å². The van der Waals surface area contributed by atoms with Crippen molar-refractivity contribution in [1.29, 1.82) is 0 Å². The van der Waals surface area contributed by atoms with Gasteiger partial charge < -0.3 is 10.2 Å². The molecule has 1 heterocycles. The van der Waals surface area contributed by atoms with Crippen LogP contribution in [0.3, 0.4) is 0 Å². The normalized spacial score (nSPS) is 17.9. The third kappa shape index (κ3) is 4.19. The van der Waals surface area contributed by atoms with Crippen LogP contribution in [0.5, 0.6) is 0 Å². The Balaban J connectivity index is 1.81. The molecule has 1 aliphatic heterocycles. The Hall–Kier alpha value is -2.36. The van der Waals surface area contributed by atoms with Crippen LogP contribution in [-0.4, -0.2) is 17.5 Å². The van der Waals surface area contributed by atoms with Gasteiger partial charge in [-0.2, -0.15) is 0 Å². The smallest absolute Gasteiger partial charge is 0.317 e. The van der Waals surface area contributed by atoms with Crippen molar-refractivity contribution in [2.24, 2.45) is 0 Å². The monoisotopic (exact) mass is 340 g/mol. The van der Waals surface area contributed by atoms with Crippen molar-refractivity contribution in [1.82, 2.24) is 4.90 Å². The van der Waals surface area contributed by atoms with Gasteiger partial charge in [-0.3, -0.25) is 0 Å². The number of hydrogen-bond donors (Lipinski definition) is 1. The number of anilines is 1. The van der Waals surface area contributed by atoms with Crippen molar-refractivity contribution in [2.75, 3.05) is 11.9 Å². The van der Waals surface area contributed by atoms with E-state index in [0.29, 0.717) is 11.3 Å². The molecule has 1 atom stereocenters. The second kappa shape index (κ2) is 7.68. The molecule has 3 nitrogen and oxygen atoms in total. The van der Waals surface area contributed by atoms with E-state index in [-0.39, 0.29) is 17.9 Å². The summed E-state index contributed by atoms with van der Waals surface area (Å²) in [5, 5.41) is 2.87. The molecule has 2 amide bonds. The fraction of sp³-hybridized carbons (Fsp3) is 0.381. The number of urea groups is 1. The minimum Gasteiger partial charge on any atom is -0.317 e. The van der Waals surface area contributed by atoms with Crippen LogP contribution in [0.25, 0.3) is 0 Å². The number of aryl methyl sites for hydroxylation is 2. The van der Waals surface area contributed by atoms with E-state index in [9.17, 15) is 9.18 Å². The molecule has 2 aromatic carbocycles. The molecule has 1 aliphatic rings. The van der Waals surface area contributed by atoms with Crippen LogP contribution in [0, 0.1) is 19.7 Å². The number of halogens is 1. The Morgan fingerprint density at radius 3 is 2.56 bits per heavy atom. The van der Waals surface area contributed by atoms with Crippen molar-refractivity contribution < 1.29 is 9.18 Å². The summed E-state index contributed by atoms with van der Waals surface area (Å²) < 4.78 is 13.8. The van der Waals surface area contributed by atoms with Gasteiger partial charge in [0.1, 0.15) is 5.82 Å². The number of nitrogens with zero attached hydrogens (tertiary/aromatic N) is 1.